The van der Waals surface area contributed by atoms with Crippen LogP contribution in [0.2, 0.25) is 0 Å². The number of hydrogen-bond acceptors (Lipinski definition) is 3. The molecule has 8 aromatic carbocycles. The molecule has 0 unspecified atom stereocenters. The monoisotopic (exact) mass is 643 g/mol. The Balaban J connectivity index is 1.26. The molecular formula is C46H29NOS. The van der Waals surface area contributed by atoms with Crippen molar-refractivity contribution in [3.05, 3.63) is 176 Å². The number of para-hydroxylation sites is 1. The van der Waals surface area contributed by atoms with Crippen molar-refractivity contribution in [3.8, 4) is 22.3 Å². The van der Waals surface area contributed by atoms with Crippen LogP contribution in [0.1, 0.15) is 0 Å². The van der Waals surface area contributed by atoms with E-state index in [-0.39, 0.29) is 0 Å². The largest absolute Gasteiger partial charge is 0.454 e. The highest BCUT2D eigenvalue weighted by molar-refractivity contribution is 7.26. The van der Waals surface area contributed by atoms with Crippen molar-refractivity contribution < 1.29 is 4.42 Å². The number of furan rings is 1. The molecule has 0 aliphatic rings. The molecule has 0 bridgehead atoms. The number of fused-ring (bicyclic) bond motifs is 7. The molecule has 0 aliphatic heterocycles. The number of benzene rings is 8. The number of thiophene rings is 1. The summed E-state index contributed by atoms with van der Waals surface area (Å²) in [6, 6.07) is 63.1. The van der Waals surface area contributed by atoms with E-state index in [1.165, 1.54) is 47.6 Å². The number of rotatable bonds is 5. The number of hydrogen-bond donors (Lipinski definition) is 0. The van der Waals surface area contributed by atoms with Gasteiger partial charge in [0.05, 0.1) is 16.1 Å². The zero-order chi connectivity index (χ0) is 32.3. The molecule has 49 heavy (non-hydrogen) atoms. The highest BCUT2D eigenvalue weighted by atomic mass is 32.1. The van der Waals surface area contributed by atoms with E-state index in [4.69, 9.17) is 4.42 Å². The zero-order valence-corrected chi connectivity index (χ0v) is 27.3. The van der Waals surface area contributed by atoms with Gasteiger partial charge in [0.2, 0.25) is 0 Å². The second kappa shape index (κ2) is 11.2. The van der Waals surface area contributed by atoms with Gasteiger partial charge in [-0.3, -0.25) is 0 Å². The van der Waals surface area contributed by atoms with Gasteiger partial charge in [0.15, 0.2) is 5.58 Å². The quantitative estimate of drug-likeness (QED) is 0.186. The third-order valence-electron chi connectivity index (χ3n) is 9.64. The topological polar surface area (TPSA) is 16.4 Å². The highest BCUT2D eigenvalue weighted by Crippen LogP contribution is 2.49. The summed E-state index contributed by atoms with van der Waals surface area (Å²) in [5, 5.41) is 7.18. The van der Waals surface area contributed by atoms with E-state index < -0.39 is 0 Å². The second-order valence-corrected chi connectivity index (χ2v) is 13.6. The Morgan fingerprint density at radius 2 is 1.14 bits per heavy atom. The smallest absolute Gasteiger partial charge is 0.160 e. The molecule has 0 fully saturated rings. The minimum atomic E-state index is 0.875. The van der Waals surface area contributed by atoms with Crippen LogP contribution in [0.15, 0.2) is 180 Å². The van der Waals surface area contributed by atoms with Crippen molar-refractivity contribution in [1.82, 2.24) is 0 Å². The third kappa shape index (κ3) is 4.55. The van der Waals surface area contributed by atoms with Crippen LogP contribution in [-0.4, -0.2) is 0 Å². The normalized spacial score (nSPS) is 11.7. The molecule has 2 aromatic heterocycles. The maximum atomic E-state index is 6.85. The average Bonchev–Trinajstić information content (AvgIpc) is 3.75. The zero-order valence-electron chi connectivity index (χ0n) is 26.5. The Morgan fingerprint density at radius 3 is 2.00 bits per heavy atom. The van der Waals surface area contributed by atoms with Crippen LogP contribution < -0.4 is 4.90 Å². The van der Waals surface area contributed by atoms with Crippen molar-refractivity contribution in [1.29, 1.82) is 0 Å². The summed E-state index contributed by atoms with van der Waals surface area (Å²) in [4.78, 5) is 2.40. The van der Waals surface area contributed by atoms with Gasteiger partial charge in [-0.1, -0.05) is 133 Å². The first-order valence-corrected chi connectivity index (χ1v) is 17.4. The van der Waals surface area contributed by atoms with Crippen LogP contribution in [0.3, 0.4) is 0 Å². The third-order valence-corrected chi connectivity index (χ3v) is 10.9. The van der Waals surface area contributed by atoms with E-state index in [9.17, 15) is 0 Å². The molecule has 0 saturated carbocycles. The summed E-state index contributed by atoms with van der Waals surface area (Å²) in [7, 11) is 0. The van der Waals surface area contributed by atoms with Crippen molar-refractivity contribution in [2.24, 2.45) is 0 Å². The minimum absolute atomic E-state index is 0.875. The van der Waals surface area contributed by atoms with E-state index in [1.807, 2.05) is 11.3 Å². The van der Waals surface area contributed by atoms with Gasteiger partial charge in [0.1, 0.15) is 5.58 Å². The average molecular weight is 644 g/mol. The summed E-state index contributed by atoms with van der Waals surface area (Å²) in [6.07, 6.45) is 0. The fraction of sp³-hybridized carbons (Fsp3) is 0. The van der Waals surface area contributed by atoms with E-state index >= 15 is 0 Å². The van der Waals surface area contributed by atoms with Gasteiger partial charge in [-0.15, -0.1) is 11.3 Å². The molecule has 10 aromatic rings. The summed E-state index contributed by atoms with van der Waals surface area (Å²) in [5.41, 5.74) is 9.75. The summed E-state index contributed by atoms with van der Waals surface area (Å²) in [5.74, 6) is 0. The summed E-state index contributed by atoms with van der Waals surface area (Å²) >= 11 is 1.85. The molecule has 10 rings (SSSR count). The lowest BCUT2D eigenvalue weighted by Gasteiger charge is -2.27. The van der Waals surface area contributed by atoms with Gasteiger partial charge in [0, 0.05) is 31.9 Å². The van der Waals surface area contributed by atoms with Crippen LogP contribution in [-0.2, 0) is 0 Å². The number of anilines is 3. The van der Waals surface area contributed by atoms with Gasteiger partial charge < -0.3 is 9.32 Å². The lowest BCUT2D eigenvalue weighted by Crippen LogP contribution is -2.10. The summed E-state index contributed by atoms with van der Waals surface area (Å²) in [6.45, 7) is 0. The standard InChI is InChI=1S/C46H29NOS/c1-3-12-30(13-4-1)32-22-23-34-29-35(25-24-33(34)28-32)47(41-19-11-18-38-37-16-8-10-21-43(37)49-46(38)41)40-27-26-36(31-14-5-2-6-15-31)44-39-17-7-9-20-42(39)48-45(40)44/h1-29H. The van der Waals surface area contributed by atoms with Gasteiger partial charge in [-0.2, -0.15) is 0 Å². The van der Waals surface area contributed by atoms with Crippen LogP contribution in [0.25, 0.3) is 75.1 Å². The predicted octanol–water partition coefficient (Wildman–Crippen LogP) is 13.9. The molecule has 0 atom stereocenters. The number of nitrogens with zero attached hydrogens (tertiary/aromatic N) is 1. The van der Waals surface area contributed by atoms with Gasteiger partial charge in [0.25, 0.3) is 0 Å². The van der Waals surface area contributed by atoms with Crippen LogP contribution >= 0.6 is 11.3 Å². The van der Waals surface area contributed by atoms with E-state index in [2.05, 4.69) is 181 Å². The Bertz CT molecular complexity index is 2830. The van der Waals surface area contributed by atoms with Crippen molar-refractivity contribution in [3.63, 3.8) is 0 Å². The van der Waals surface area contributed by atoms with Gasteiger partial charge in [-0.25, -0.2) is 0 Å². The maximum absolute atomic E-state index is 6.85. The first kappa shape index (κ1) is 27.9. The lowest BCUT2D eigenvalue weighted by atomic mass is 9.97. The van der Waals surface area contributed by atoms with E-state index in [0.29, 0.717) is 0 Å². The Labute approximate surface area is 287 Å². The van der Waals surface area contributed by atoms with Crippen molar-refractivity contribution >= 4 is 81.3 Å². The van der Waals surface area contributed by atoms with Gasteiger partial charge in [-0.05, 0) is 75.5 Å². The molecule has 0 amide bonds. The molecule has 0 spiro atoms. The SMILES string of the molecule is c1ccc(-c2ccc3cc(N(c4ccc(-c5ccccc5)c5c4oc4ccccc45)c4cccc5c4sc4ccccc45)ccc3c2)cc1. The lowest BCUT2D eigenvalue weighted by molar-refractivity contribution is 0.669. The first-order chi connectivity index (χ1) is 24.3. The van der Waals surface area contributed by atoms with Gasteiger partial charge >= 0.3 is 0 Å². The molecular weight excluding hydrogens is 615 g/mol. The van der Waals surface area contributed by atoms with E-state index in [0.717, 1.165) is 44.6 Å². The molecule has 0 radical (unpaired) electrons. The highest BCUT2D eigenvalue weighted by Gasteiger charge is 2.24. The Hall–Kier alpha value is -6.16. The molecule has 3 heteroatoms. The Morgan fingerprint density at radius 1 is 0.449 bits per heavy atom. The second-order valence-electron chi connectivity index (χ2n) is 12.5. The fourth-order valence-electron chi connectivity index (χ4n) is 7.35. The Kier molecular flexibility index (Phi) is 6.39. The first-order valence-electron chi connectivity index (χ1n) is 16.6. The minimum Gasteiger partial charge on any atom is -0.454 e. The molecule has 230 valence electrons. The van der Waals surface area contributed by atoms with Crippen LogP contribution in [0, 0.1) is 0 Å². The molecule has 0 N–H and O–H groups in total. The molecule has 0 aliphatic carbocycles. The molecule has 2 nitrogen and oxygen atoms in total. The van der Waals surface area contributed by atoms with Crippen LogP contribution in [0.4, 0.5) is 17.1 Å². The fourth-order valence-corrected chi connectivity index (χ4v) is 8.55. The molecule has 0 saturated heterocycles. The van der Waals surface area contributed by atoms with E-state index in [1.54, 1.807) is 0 Å². The van der Waals surface area contributed by atoms with Crippen molar-refractivity contribution in [2.45, 2.75) is 0 Å². The van der Waals surface area contributed by atoms with Crippen molar-refractivity contribution in [2.75, 3.05) is 4.90 Å². The molecule has 2 heterocycles. The maximum Gasteiger partial charge on any atom is 0.160 e. The summed E-state index contributed by atoms with van der Waals surface area (Å²) < 4.78 is 9.39. The predicted molar refractivity (Wildman–Crippen MR) is 210 cm³/mol. The van der Waals surface area contributed by atoms with Crippen LogP contribution in [0.5, 0.6) is 0 Å².